The number of carbonyl (C=O) groups excluding carboxylic acids is 2. The minimum atomic E-state index is -0.544. The molecule has 108 valence electrons. The van der Waals surface area contributed by atoms with E-state index in [2.05, 4.69) is 10.6 Å². The zero-order chi connectivity index (χ0) is 15.3. The lowest BCUT2D eigenvalue weighted by atomic mass is 10.1. The van der Waals surface area contributed by atoms with Crippen LogP contribution in [0.15, 0.2) is 18.2 Å². The Morgan fingerprint density at radius 1 is 1.30 bits per heavy atom. The summed E-state index contributed by atoms with van der Waals surface area (Å²) in [7, 11) is 0. The van der Waals surface area contributed by atoms with Crippen molar-refractivity contribution < 1.29 is 14.5 Å². The van der Waals surface area contributed by atoms with Gasteiger partial charge in [-0.1, -0.05) is 6.07 Å². The van der Waals surface area contributed by atoms with Gasteiger partial charge in [-0.2, -0.15) is 0 Å². The maximum Gasteiger partial charge on any atom is 0.293 e. The van der Waals surface area contributed by atoms with E-state index < -0.39 is 4.92 Å². The smallest absolute Gasteiger partial charge is 0.293 e. The quantitative estimate of drug-likeness (QED) is 0.631. The molecule has 2 N–H and O–H groups in total. The zero-order valence-electron chi connectivity index (χ0n) is 11.6. The molecule has 0 spiro atoms. The zero-order valence-corrected chi connectivity index (χ0v) is 11.6. The first kappa shape index (κ1) is 15.6. The Bertz CT molecular complexity index is 542. The monoisotopic (exact) mass is 279 g/mol. The van der Waals surface area contributed by atoms with Gasteiger partial charge in [0.25, 0.3) is 5.69 Å². The van der Waals surface area contributed by atoms with E-state index in [1.807, 2.05) is 6.92 Å². The Hall–Kier alpha value is -2.44. The van der Waals surface area contributed by atoms with Crippen LogP contribution in [0.1, 0.15) is 26.3 Å². The van der Waals surface area contributed by atoms with Gasteiger partial charge in [0, 0.05) is 26.0 Å². The Morgan fingerprint density at radius 3 is 2.45 bits per heavy atom. The normalized spacial score (nSPS) is 11.6. The molecule has 20 heavy (non-hydrogen) atoms. The van der Waals surface area contributed by atoms with Crippen LogP contribution in [0.3, 0.4) is 0 Å². The number of amides is 2. The molecule has 0 saturated heterocycles. The molecule has 0 aliphatic rings. The third-order valence-corrected chi connectivity index (χ3v) is 2.56. The molecule has 0 radical (unpaired) electrons. The van der Waals surface area contributed by atoms with Gasteiger partial charge in [-0.15, -0.1) is 0 Å². The fourth-order valence-electron chi connectivity index (χ4n) is 1.90. The number of nitrogens with zero attached hydrogens (tertiary/aromatic N) is 1. The number of rotatable bonds is 5. The van der Waals surface area contributed by atoms with Crippen molar-refractivity contribution in [1.82, 2.24) is 5.32 Å². The van der Waals surface area contributed by atoms with Crippen molar-refractivity contribution in [2.75, 3.05) is 5.32 Å². The molecule has 1 atom stereocenters. The lowest BCUT2D eigenvalue weighted by molar-refractivity contribution is -0.384. The highest BCUT2D eigenvalue weighted by molar-refractivity contribution is 5.91. The van der Waals surface area contributed by atoms with Crippen molar-refractivity contribution in [3.8, 4) is 0 Å². The van der Waals surface area contributed by atoms with Crippen LogP contribution in [0.4, 0.5) is 11.4 Å². The summed E-state index contributed by atoms with van der Waals surface area (Å²) in [6.07, 6.45) is 0.473. The van der Waals surface area contributed by atoms with E-state index >= 15 is 0 Å². The molecule has 7 heteroatoms. The standard InChI is InChI=1S/C13H17N3O4/c1-8(14-9(2)17)6-11-4-5-12(15-10(3)18)13(7-11)16(19)20/h4-5,7-8H,6H2,1-3H3,(H,14,17)(H,15,18). The molecule has 1 unspecified atom stereocenters. The van der Waals surface area contributed by atoms with Crippen molar-refractivity contribution in [2.24, 2.45) is 0 Å². The third kappa shape index (κ3) is 4.68. The average Bonchev–Trinajstić information content (AvgIpc) is 2.28. The second-order valence-corrected chi connectivity index (χ2v) is 4.60. The topological polar surface area (TPSA) is 101 Å². The minimum Gasteiger partial charge on any atom is -0.354 e. The first-order valence-electron chi connectivity index (χ1n) is 6.11. The summed E-state index contributed by atoms with van der Waals surface area (Å²) in [5.74, 6) is -0.519. The summed E-state index contributed by atoms with van der Waals surface area (Å²) in [5.41, 5.74) is 0.721. The molecule has 7 nitrogen and oxygen atoms in total. The van der Waals surface area contributed by atoms with Crippen LogP contribution in [0.5, 0.6) is 0 Å². The predicted octanol–water partition coefficient (Wildman–Crippen LogP) is 1.62. The molecule has 2 amide bonds. The van der Waals surface area contributed by atoms with Crippen LogP contribution in [0.2, 0.25) is 0 Å². The highest BCUT2D eigenvalue weighted by atomic mass is 16.6. The van der Waals surface area contributed by atoms with E-state index in [4.69, 9.17) is 0 Å². The van der Waals surface area contributed by atoms with Crippen molar-refractivity contribution in [3.05, 3.63) is 33.9 Å². The van der Waals surface area contributed by atoms with E-state index in [0.29, 0.717) is 12.0 Å². The number of nitro benzene ring substituents is 1. The molecule has 0 aliphatic carbocycles. The molecule has 0 aromatic heterocycles. The third-order valence-electron chi connectivity index (χ3n) is 2.56. The van der Waals surface area contributed by atoms with Crippen molar-refractivity contribution in [3.63, 3.8) is 0 Å². The van der Waals surface area contributed by atoms with Gasteiger partial charge in [0.05, 0.1) is 4.92 Å². The van der Waals surface area contributed by atoms with Crippen LogP contribution in [0.25, 0.3) is 0 Å². The molecule has 1 aromatic rings. The lowest BCUT2D eigenvalue weighted by Crippen LogP contribution is -2.32. The van der Waals surface area contributed by atoms with E-state index in [1.165, 1.54) is 26.0 Å². The largest absolute Gasteiger partial charge is 0.354 e. The minimum absolute atomic E-state index is 0.126. The summed E-state index contributed by atoms with van der Waals surface area (Å²) in [4.78, 5) is 32.4. The van der Waals surface area contributed by atoms with Crippen LogP contribution < -0.4 is 10.6 Å². The Labute approximate surface area is 116 Å². The van der Waals surface area contributed by atoms with Gasteiger partial charge in [0.1, 0.15) is 5.69 Å². The Morgan fingerprint density at radius 2 is 1.95 bits per heavy atom. The SMILES string of the molecule is CC(=O)Nc1ccc(CC(C)NC(C)=O)cc1[N+](=O)[O-]. The summed E-state index contributed by atoms with van der Waals surface area (Å²) in [6, 6.07) is 4.47. The number of benzene rings is 1. The van der Waals surface area contributed by atoms with E-state index in [-0.39, 0.29) is 29.2 Å². The van der Waals surface area contributed by atoms with E-state index in [0.717, 1.165) is 0 Å². The number of anilines is 1. The molecule has 0 saturated carbocycles. The van der Waals surface area contributed by atoms with Crippen LogP contribution in [-0.2, 0) is 16.0 Å². The predicted molar refractivity (Wildman–Crippen MR) is 74.4 cm³/mol. The Kier molecular flexibility index (Phi) is 5.19. The van der Waals surface area contributed by atoms with Gasteiger partial charge in [-0.05, 0) is 25.0 Å². The molecule has 0 bridgehead atoms. The molecular weight excluding hydrogens is 262 g/mol. The lowest BCUT2D eigenvalue weighted by Gasteiger charge is -2.13. The number of carbonyl (C=O) groups is 2. The number of hydrogen-bond acceptors (Lipinski definition) is 4. The number of nitrogens with one attached hydrogen (secondary N) is 2. The second kappa shape index (κ2) is 6.65. The molecular formula is C13H17N3O4. The fourth-order valence-corrected chi connectivity index (χ4v) is 1.90. The van der Waals surface area contributed by atoms with Crippen molar-refractivity contribution in [2.45, 2.75) is 33.2 Å². The molecule has 0 fully saturated rings. The molecule has 1 rings (SSSR count). The molecule has 1 aromatic carbocycles. The maximum absolute atomic E-state index is 11.0. The van der Waals surface area contributed by atoms with Gasteiger partial charge < -0.3 is 10.6 Å². The van der Waals surface area contributed by atoms with Gasteiger partial charge in [0.2, 0.25) is 11.8 Å². The highest BCUT2D eigenvalue weighted by Gasteiger charge is 2.16. The van der Waals surface area contributed by atoms with Crippen LogP contribution in [-0.4, -0.2) is 22.8 Å². The summed E-state index contributed by atoms with van der Waals surface area (Å²) >= 11 is 0. The van der Waals surface area contributed by atoms with Crippen molar-refractivity contribution >= 4 is 23.2 Å². The molecule has 0 heterocycles. The molecule has 0 aliphatic heterocycles. The van der Waals surface area contributed by atoms with Gasteiger partial charge >= 0.3 is 0 Å². The summed E-state index contributed by atoms with van der Waals surface area (Å²) < 4.78 is 0. The van der Waals surface area contributed by atoms with Gasteiger partial charge in [0.15, 0.2) is 0 Å². The first-order chi connectivity index (χ1) is 9.29. The number of hydrogen-bond donors (Lipinski definition) is 2. The second-order valence-electron chi connectivity index (χ2n) is 4.60. The first-order valence-corrected chi connectivity index (χ1v) is 6.11. The van der Waals surface area contributed by atoms with Crippen molar-refractivity contribution in [1.29, 1.82) is 0 Å². The summed E-state index contributed by atoms with van der Waals surface area (Å²) in [5, 5.41) is 16.1. The fraction of sp³-hybridized carbons (Fsp3) is 0.385. The highest BCUT2D eigenvalue weighted by Crippen LogP contribution is 2.26. The van der Waals surface area contributed by atoms with Crippen LogP contribution >= 0.6 is 0 Å². The number of nitro groups is 1. The maximum atomic E-state index is 11.0. The van der Waals surface area contributed by atoms with Gasteiger partial charge in [-0.25, -0.2) is 0 Å². The average molecular weight is 279 g/mol. The van der Waals surface area contributed by atoms with E-state index in [1.54, 1.807) is 6.07 Å². The van der Waals surface area contributed by atoms with E-state index in [9.17, 15) is 19.7 Å². The Balaban J connectivity index is 2.95. The summed E-state index contributed by atoms with van der Waals surface area (Å²) in [6.45, 7) is 4.52. The van der Waals surface area contributed by atoms with Crippen LogP contribution in [0, 0.1) is 10.1 Å². The van der Waals surface area contributed by atoms with Gasteiger partial charge in [-0.3, -0.25) is 19.7 Å².